The van der Waals surface area contributed by atoms with Crippen LogP contribution in [0.25, 0.3) is 0 Å². The SMILES string of the molecule is COc1ccccc1SCC(C)CNC(=O)C1CNCCO1. The highest BCUT2D eigenvalue weighted by Gasteiger charge is 2.21. The molecule has 22 heavy (non-hydrogen) atoms. The quantitative estimate of drug-likeness (QED) is 0.745. The van der Waals surface area contributed by atoms with E-state index >= 15 is 0 Å². The monoisotopic (exact) mass is 324 g/mol. The predicted octanol–water partition coefficient (Wildman–Crippen LogP) is 1.53. The first-order chi connectivity index (χ1) is 10.7. The van der Waals surface area contributed by atoms with Crippen LogP contribution in [0.2, 0.25) is 0 Å². The van der Waals surface area contributed by atoms with Gasteiger partial charge in [-0.15, -0.1) is 11.8 Å². The van der Waals surface area contributed by atoms with E-state index < -0.39 is 0 Å². The minimum absolute atomic E-state index is 0.0265. The van der Waals surface area contributed by atoms with E-state index in [1.807, 2.05) is 18.2 Å². The molecule has 2 atom stereocenters. The topological polar surface area (TPSA) is 59.6 Å². The lowest BCUT2D eigenvalue weighted by Crippen LogP contribution is -2.48. The molecule has 122 valence electrons. The van der Waals surface area contributed by atoms with Crippen LogP contribution in [0.3, 0.4) is 0 Å². The summed E-state index contributed by atoms with van der Waals surface area (Å²) in [5.74, 6) is 2.16. The van der Waals surface area contributed by atoms with Crippen molar-refractivity contribution in [1.29, 1.82) is 0 Å². The zero-order chi connectivity index (χ0) is 15.8. The summed E-state index contributed by atoms with van der Waals surface area (Å²) >= 11 is 1.75. The lowest BCUT2D eigenvalue weighted by Gasteiger charge is -2.23. The molecule has 0 saturated carbocycles. The van der Waals surface area contributed by atoms with Gasteiger partial charge in [-0.2, -0.15) is 0 Å². The van der Waals surface area contributed by atoms with E-state index in [2.05, 4.69) is 23.6 Å². The fraction of sp³-hybridized carbons (Fsp3) is 0.562. The largest absolute Gasteiger partial charge is 0.496 e. The lowest BCUT2D eigenvalue weighted by molar-refractivity contribution is -0.134. The van der Waals surface area contributed by atoms with Crippen LogP contribution in [0, 0.1) is 5.92 Å². The number of amides is 1. The highest BCUT2D eigenvalue weighted by Crippen LogP contribution is 2.29. The first-order valence-corrected chi connectivity index (χ1v) is 8.55. The van der Waals surface area contributed by atoms with E-state index in [9.17, 15) is 4.79 Å². The first kappa shape index (κ1) is 17.1. The van der Waals surface area contributed by atoms with Crippen molar-refractivity contribution < 1.29 is 14.3 Å². The summed E-state index contributed by atoms with van der Waals surface area (Å²) in [5.41, 5.74) is 0. The van der Waals surface area contributed by atoms with Crippen LogP contribution >= 0.6 is 11.8 Å². The normalized spacial score (nSPS) is 19.5. The summed E-state index contributed by atoms with van der Waals surface area (Å²) in [6.45, 7) is 4.78. The Morgan fingerprint density at radius 2 is 2.36 bits per heavy atom. The fourth-order valence-electron chi connectivity index (χ4n) is 2.15. The second-order valence-electron chi connectivity index (χ2n) is 5.38. The van der Waals surface area contributed by atoms with E-state index in [4.69, 9.17) is 9.47 Å². The molecule has 1 aliphatic rings. The van der Waals surface area contributed by atoms with Crippen molar-refractivity contribution in [2.24, 2.45) is 5.92 Å². The smallest absolute Gasteiger partial charge is 0.250 e. The van der Waals surface area contributed by atoms with Crippen LogP contribution in [0.1, 0.15) is 6.92 Å². The minimum Gasteiger partial charge on any atom is -0.496 e. The third-order valence-corrected chi connectivity index (χ3v) is 4.82. The minimum atomic E-state index is -0.358. The number of hydrogen-bond acceptors (Lipinski definition) is 5. The molecule has 2 N–H and O–H groups in total. The standard InChI is InChI=1S/C16H24N2O3S/c1-12(9-18-16(19)14-10-17-7-8-21-14)11-22-15-6-4-3-5-13(15)20-2/h3-6,12,14,17H,7-11H2,1-2H3,(H,18,19). The zero-order valence-corrected chi connectivity index (χ0v) is 13.9. The highest BCUT2D eigenvalue weighted by atomic mass is 32.2. The van der Waals surface area contributed by atoms with E-state index in [0.717, 1.165) is 22.9 Å². The lowest BCUT2D eigenvalue weighted by atomic mass is 10.2. The molecule has 5 nitrogen and oxygen atoms in total. The average Bonchev–Trinajstić information content (AvgIpc) is 2.58. The number of carbonyl (C=O) groups is 1. The van der Waals surface area contributed by atoms with Crippen LogP contribution in [-0.2, 0) is 9.53 Å². The molecule has 0 bridgehead atoms. The van der Waals surface area contributed by atoms with Gasteiger partial charge in [0.15, 0.2) is 0 Å². The maximum absolute atomic E-state index is 12.0. The van der Waals surface area contributed by atoms with Crippen molar-refractivity contribution in [3.8, 4) is 5.75 Å². The third kappa shape index (κ3) is 5.19. The number of methoxy groups -OCH3 is 1. The summed E-state index contributed by atoms with van der Waals surface area (Å²) in [6.07, 6.45) is -0.358. The number of morpholine rings is 1. The van der Waals surface area contributed by atoms with Gasteiger partial charge in [0.05, 0.1) is 13.7 Å². The van der Waals surface area contributed by atoms with Gasteiger partial charge in [-0.1, -0.05) is 19.1 Å². The number of hydrogen-bond donors (Lipinski definition) is 2. The number of carbonyl (C=O) groups excluding carboxylic acids is 1. The molecule has 1 heterocycles. The van der Waals surface area contributed by atoms with E-state index in [-0.39, 0.29) is 12.0 Å². The molecule has 1 fully saturated rings. The Labute approximate surface area is 136 Å². The van der Waals surface area contributed by atoms with Gasteiger partial charge in [0.25, 0.3) is 0 Å². The molecule has 0 aromatic heterocycles. The molecule has 0 spiro atoms. The van der Waals surface area contributed by atoms with Crippen LogP contribution in [0.4, 0.5) is 0 Å². The molecular weight excluding hydrogens is 300 g/mol. The van der Waals surface area contributed by atoms with Crippen molar-refractivity contribution in [2.45, 2.75) is 17.9 Å². The molecule has 1 aliphatic heterocycles. The number of ether oxygens (including phenoxy) is 2. The molecule has 2 rings (SSSR count). The van der Waals surface area contributed by atoms with Gasteiger partial charge in [-0.25, -0.2) is 0 Å². The predicted molar refractivity (Wildman–Crippen MR) is 88.5 cm³/mol. The number of benzene rings is 1. The van der Waals surface area contributed by atoms with Gasteiger partial charge in [0, 0.05) is 30.3 Å². The van der Waals surface area contributed by atoms with Gasteiger partial charge in [0.2, 0.25) is 5.91 Å². The summed E-state index contributed by atoms with van der Waals surface area (Å²) in [6, 6.07) is 7.98. The van der Waals surface area contributed by atoms with Crippen LogP contribution in [0.15, 0.2) is 29.2 Å². The first-order valence-electron chi connectivity index (χ1n) is 7.56. The second-order valence-corrected chi connectivity index (χ2v) is 6.44. The van der Waals surface area contributed by atoms with Gasteiger partial charge in [-0.05, 0) is 18.1 Å². The third-order valence-electron chi connectivity index (χ3n) is 3.44. The summed E-state index contributed by atoms with van der Waals surface area (Å²) in [5, 5.41) is 6.13. The maximum Gasteiger partial charge on any atom is 0.250 e. The number of thioether (sulfide) groups is 1. The summed E-state index contributed by atoms with van der Waals surface area (Å²) < 4.78 is 10.8. The number of rotatable bonds is 7. The Morgan fingerprint density at radius 3 is 3.09 bits per heavy atom. The van der Waals surface area contributed by atoms with Gasteiger partial charge in [0.1, 0.15) is 11.9 Å². The van der Waals surface area contributed by atoms with E-state index in [1.54, 1.807) is 18.9 Å². The molecule has 2 unspecified atom stereocenters. The molecule has 1 saturated heterocycles. The molecule has 1 aromatic carbocycles. The Bertz CT molecular complexity index is 478. The van der Waals surface area contributed by atoms with Crippen molar-refractivity contribution in [2.75, 3.05) is 39.1 Å². The number of nitrogens with one attached hydrogen (secondary N) is 2. The molecule has 6 heteroatoms. The Hall–Kier alpha value is -1.24. The van der Waals surface area contributed by atoms with Crippen LogP contribution < -0.4 is 15.4 Å². The van der Waals surface area contributed by atoms with Crippen LogP contribution in [-0.4, -0.2) is 51.1 Å². The molecule has 0 radical (unpaired) electrons. The second kappa shape index (κ2) is 9.02. The summed E-state index contributed by atoms with van der Waals surface area (Å²) in [7, 11) is 1.68. The zero-order valence-electron chi connectivity index (χ0n) is 13.1. The highest BCUT2D eigenvalue weighted by molar-refractivity contribution is 7.99. The average molecular weight is 324 g/mol. The Balaban J connectivity index is 1.71. The molecular formula is C16H24N2O3S. The Kier molecular flexibility index (Phi) is 7.02. The molecule has 0 aliphatic carbocycles. The van der Waals surface area contributed by atoms with E-state index in [0.29, 0.717) is 25.6 Å². The van der Waals surface area contributed by atoms with Crippen LogP contribution in [0.5, 0.6) is 5.75 Å². The Morgan fingerprint density at radius 1 is 1.55 bits per heavy atom. The summed E-state index contributed by atoms with van der Waals surface area (Å²) in [4.78, 5) is 13.1. The molecule has 1 aromatic rings. The van der Waals surface area contributed by atoms with Gasteiger partial charge < -0.3 is 20.1 Å². The number of para-hydroxylation sites is 1. The molecule has 1 amide bonds. The van der Waals surface area contributed by atoms with Crippen molar-refractivity contribution in [1.82, 2.24) is 10.6 Å². The van der Waals surface area contributed by atoms with Crippen molar-refractivity contribution in [3.63, 3.8) is 0 Å². The van der Waals surface area contributed by atoms with Gasteiger partial charge in [-0.3, -0.25) is 4.79 Å². The fourth-order valence-corrected chi connectivity index (χ4v) is 3.20. The van der Waals surface area contributed by atoms with Gasteiger partial charge >= 0.3 is 0 Å². The van der Waals surface area contributed by atoms with E-state index in [1.165, 1.54) is 0 Å². The van der Waals surface area contributed by atoms with Crippen molar-refractivity contribution in [3.05, 3.63) is 24.3 Å². The maximum atomic E-state index is 12.0. The van der Waals surface area contributed by atoms with Crippen molar-refractivity contribution >= 4 is 17.7 Å².